The molecule has 23 heavy (non-hydrogen) atoms. The molecule has 1 rings (SSSR count). The third kappa shape index (κ3) is 7.42. The maximum atomic E-state index is 13.8. The van der Waals surface area contributed by atoms with E-state index in [1.807, 2.05) is 0 Å². The zero-order valence-corrected chi connectivity index (χ0v) is 16.5. The molecule has 0 fully saturated rings. The lowest BCUT2D eigenvalue weighted by atomic mass is 10.1. The van der Waals surface area contributed by atoms with Gasteiger partial charge in [-0.15, -0.1) is 11.8 Å². The van der Waals surface area contributed by atoms with Crippen molar-refractivity contribution in [3.63, 3.8) is 0 Å². The second kappa shape index (κ2) is 7.28. The van der Waals surface area contributed by atoms with E-state index >= 15 is 0 Å². The second-order valence-electron chi connectivity index (χ2n) is 7.56. The standard InChI is InChI=1S/C16H27ClFN3S2/c1-23(2,3,4)8-7-22-16(21)15(20)10-14(19)12-9-11(17)5-6-13(12)18/h5-6,9-10,23H,7-8,19-21H2,1-4H3/b14-10-,16-15-. The molecule has 0 bridgehead atoms. The molecule has 0 saturated heterocycles. The van der Waals surface area contributed by atoms with Crippen LogP contribution in [0.4, 0.5) is 4.39 Å². The van der Waals surface area contributed by atoms with Crippen LogP contribution in [0.3, 0.4) is 0 Å². The summed E-state index contributed by atoms with van der Waals surface area (Å²) in [7, 11) is -1.56. The molecule has 7 heteroatoms. The maximum absolute atomic E-state index is 13.8. The number of hydrogen-bond acceptors (Lipinski definition) is 4. The summed E-state index contributed by atoms with van der Waals surface area (Å²) >= 11 is 7.37. The van der Waals surface area contributed by atoms with Crippen LogP contribution in [0.5, 0.6) is 0 Å². The van der Waals surface area contributed by atoms with Gasteiger partial charge in [0, 0.05) is 22.0 Å². The van der Waals surface area contributed by atoms with Gasteiger partial charge in [-0.05, 0) is 55.1 Å². The van der Waals surface area contributed by atoms with Gasteiger partial charge in [0.2, 0.25) is 0 Å². The summed E-state index contributed by atoms with van der Waals surface area (Å²) in [6.45, 7) is 0. The third-order valence-corrected chi connectivity index (χ3v) is 6.58. The lowest BCUT2D eigenvalue weighted by molar-refractivity contribution is 0.624. The fourth-order valence-corrected chi connectivity index (χ4v) is 5.54. The molecule has 3 nitrogen and oxygen atoms in total. The summed E-state index contributed by atoms with van der Waals surface area (Å²) in [4.78, 5) is 0. The Bertz CT molecular complexity index is 639. The SMILES string of the molecule is C[SH](C)(C)(C)CCS/C(N)=C(N)/C=C(\N)c1cc(Cl)ccc1F. The first-order valence-electron chi connectivity index (χ1n) is 7.16. The molecule has 1 aromatic rings. The molecule has 0 heterocycles. The zero-order chi connectivity index (χ0) is 17.9. The van der Waals surface area contributed by atoms with Crippen molar-refractivity contribution < 1.29 is 4.39 Å². The average Bonchev–Trinajstić information content (AvgIpc) is 2.38. The first-order valence-corrected chi connectivity index (χ1v) is 12.7. The molecule has 0 aromatic heterocycles. The molecule has 0 radical (unpaired) electrons. The Balaban J connectivity index is 2.86. The van der Waals surface area contributed by atoms with Crippen molar-refractivity contribution >= 4 is 38.2 Å². The number of thiol groups is 1. The van der Waals surface area contributed by atoms with Gasteiger partial charge < -0.3 is 17.2 Å². The van der Waals surface area contributed by atoms with Crippen LogP contribution in [0, 0.1) is 5.82 Å². The molecular formula is C16H27ClFN3S2. The quantitative estimate of drug-likeness (QED) is 0.452. The molecule has 0 unspecified atom stereocenters. The van der Waals surface area contributed by atoms with Crippen LogP contribution in [0.25, 0.3) is 5.70 Å². The molecule has 0 spiro atoms. The highest BCUT2D eigenvalue weighted by Crippen LogP contribution is 2.55. The first-order chi connectivity index (χ1) is 10.3. The number of rotatable bonds is 6. The van der Waals surface area contributed by atoms with Gasteiger partial charge in [-0.2, -0.15) is 0 Å². The molecule has 1 aromatic carbocycles. The molecule has 0 atom stereocenters. The fourth-order valence-electron chi connectivity index (χ4n) is 1.64. The van der Waals surface area contributed by atoms with Crippen molar-refractivity contribution in [3.05, 3.63) is 51.4 Å². The van der Waals surface area contributed by atoms with Crippen molar-refractivity contribution in [1.82, 2.24) is 0 Å². The molecule has 0 amide bonds. The van der Waals surface area contributed by atoms with Crippen LogP contribution in [-0.4, -0.2) is 36.5 Å². The third-order valence-electron chi connectivity index (χ3n) is 3.08. The lowest BCUT2D eigenvalue weighted by Gasteiger charge is -2.47. The van der Waals surface area contributed by atoms with Crippen LogP contribution in [0.2, 0.25) is 5.02 Å². The van der Waals surface area contributed by atoms with Gasteiger partial charge in [-0.3, -0.25) is 9.16 Å². The van der Waals surface area contributed by atoms with Crippen molar-refractivity contribution in [1.29, 1.82) is 0 Å². The van der Waals surface area contributed by atoms with Crippen molar-refractivity contribution in [2.24, 2.45) is 17.2 Å². The molecular weight excluding hydrogens is 353 g/mol. The van der Waals surface area contributed by atoms with E-state index in [0.29, 0.717) is 15.7 Å². The highest BCUT2D eigenvalue weighted by atomic mass is 35.5. The van der Waals surface area contributed by atoms with Crippen LogP contribution in [0.15, 0.2) is 35.0 Å². The Morgan fingerprint density at radius 2 is 1.83 bits per heavy atom. The lowest BCUT2D eigenvalue weighted by Crippen LogP contribution is -2.17. The smallest absolute Gasteiger partial charge is 0.132 e. The highest BCUT2D eigenvalue weighted by Gasteiger charge is 2.18. The number of allylic oxidation sites excluding steroid dienone is 1. The molecule has 0 aliphatic heterocycles. The van der Waals surface area contributed by atoms with Crippen LogP contribution in [0.1, 0.15) is 5.56 Å². The monoisotopic (exact) mass is 379 g/mol. The van der Waals surface area contributed by atoms with E-state index < -0.39 is 15.0 Å². The van der Waals surface area contributed by atoms with E-state index in [4.69, 9.17) is 28.8 Å². The summed E-state index contributed by atoms with van der Waals surface area (Å²) < 4.78 is 13.8. The van der Waals surface area contributed by atoms with Crippen molar-refractivity contribution in [3.8, 4) is 0 Å². The number of nitrogens with two attached hydrogens (primary N) is 3. The Hall–Kier alpha value is -0.980. The normalized spacial score (nSPS) is 15.7. The Morgan fingerprint density at radius 3 is 2.39 bits per heavy atom. The Labute approximate surface area is 147 Å². The maximum Gasteiger partial charge on any atom is 0.132 e. The van der Waals surface area contributed by atoms with Gasteiger partial charge in [0.05, 0.1) is 10.7 Å². The van der Waals surface area contributed by atoms with Crippen LogP contribution < -0.4 is 17.2 Å². The summed E-state index contributed by atoms with van der Waals surface area (Å²) in [5.41, 5.74) is 18.6. The number of thioether (sulfide) groups is 1. The number of benzene rings is 1. The molecule has 6 N–H and O–H groups in total. The van der Waals surface area contributed by atoms with E-state index in [2.05, 4.69) is 25.0 Å². The highest BCUT2D eigenvalue weighted by molar-refractivity contribution is 8.47. The number of hydrogen-bond donors (Lipinski definition) is 4. The topological polar surface area (TPSA) is 78.1 Å². The predicted molar refractivity (Wildman–Crippen MR) is 109 cm³/mol. The summed E-state index contributed by atoms with van der Waals surface area (Å²) in [6, 6.07) is 4.20. The van der Waals surface area contributed by atoms with Gasteiger partial charge >= 0.3 is 0 Å². The largest absolute Gasteiger partial charge is 0.398 e. The minimum absolute atomic E-state index is 0.197. The minimum Gasteiger partial charge on any atom is -0.398 e. The van der Waals surface area contributed by atoms with Gasteiger partial charge in [-0.25, -0.2) is 4.39 Å². The second-order valence-corrected chi connectivity index (χ2v) is 17.5. The van der Waals surface area contributed by atoms with Crippen molar-refractivity contribution in [2.75, 3.05) is 36.5 Å². The zero-order valence-electron chi connectivity index (χ0n) is 14.1. The minimum atomic E-state index is -1.56. The number of halogens is 2. The van der Waals surface area contributed by atoms with Gasteiger partial charge in [-0.1, -0.05) is 11.6 Å². The predicted octanol–water partition coefficient (Wildman–Crippen LogP) is 3.19. The van der Waals surface area contributed by atoms with E-state index in [1.54, 1.807) is 0 Å². The summed E-state index contributed by atoms with van der Waals surface area (Å²) in [5, 5.41) is 0.904. The van der Waals surface area contributed by atoms with E-state index in [0.717, 1.165) is 11.5 Å². The van der Waals surface area contributed by atoms with Gasteiger partial charge in [0.1, 0.15) is 5.82 Å². The summed E-state index contributed by atoms with van der Waals surface area (Å²) in [6.07, 6.45) is 10.7. The van der Waals surface area contributed by atoms with E-state index in [1.165, 1.54) is 36.0 Å². The van der Waals surface area contributed by atoms with Gasteiger partial charge in [0.15, 0.2) is 0 Å². The Kier molecular flexibility index (Phi) is 6.35. The molecule has 132 valence electrons. The Morgan fingerprint density at radius 1 is 1.22 bits per heavy atom. The summed E-state index contributed by atoms with van der Waals surface area (Å²) in [5.74, 6) is 1.55. The fraction of sp³-hybridized carbons (Fsp3) is 0.375. The van der Waals surface area contributed by atoms with E-state index in [-0.39, 0.29) is 11.3 Å². The van der Waals surface area contributed by atoms with Gasteiger partial charge in [0.25, 0.3) is 0 Å². The first kappa shape index (κ1) is 20.1. The van der Waals surface area contributed by atoms with E-state index in [9.17, 15) is 4.39 Å². The molecule has 0 saturated carbocycles. The van der Waals surface area contributed by atoms with Crippen LogP contribution in [-0.2, 0) is 0 Å². The van der Waals surface area contributed by atoms with Crippen LogP contribution >= 0.6 is 32.5 Å². The molecule has 0 aliphatic carbocycles. The average molecular weight is 380 g/mol. The van der Waals surface area contributed by atoms with Crippen molar-refractivity contribution in [2.45, 2.75) is 0 Å². The molecule has 0 aliphatic rings.